The van der Waals surface area contributed by atoms with Crippen LogP contribution in [-0.2, 0) is 16.6 Å². The van der Waals surface area contributed by atoms with E-state index in [0.717, 1.165) is 22.3 Å². The van der Waals surface area contributed by atoms with Gasteiger partial charge in [0.05, 0.1) is 23.0 Å². The molecule has 1 aromatic heterocycles. The predicted octanol–water partition coefficient (Wildman–Crippen LogP) is 1.83. The van der Waals surface area contributed by atoms with E-state index in [2.05, 4.69) is 15.3 Å². The van der Waals surface area contributed by atoms with E-state index in [9.17, 15) is 8.42 Å². The Kier molecular flexibility index (Phi) is 3.93. The van der Waals surface area contributed by atoms with Crippen molar-refractivity contribution in [1.29, 1.82) is 0 Å². The molecular formula is C15H16N4O3S. The summed E-state index contributed by atoms with van der Waals surface area (Å²) < 4.78 is 27.6. The van der Waals surface area contributed by atoms with E-state index in [4.69, 9.17) is 9.88 Å². The monoisotopic (exact) mass is 332 g/mol. The zero-order chi connectivity index (χ0) is 16.4. The van der Waals surface area contributed by atoms with Gasteiger partial charge in [-0.25, -0.2) is 18.5 Å². The fourth-order valence-electron chi connectivity index (χ4n) is 2.18. The molecule has 0 aliphatic rings. The molecule has 0 bridgehead atoms. The van der Waals surface area contributed by atoms with Gasteiger partial charge in [-0.1, -0.05) is 12.1 Å². The second kappa shape index (κ2) is 5.90. The first kappa shape index (κ1) is 15.3. The number of hydrogen-bond donors (Lipinski definition) is 3. The van der Waals surface area contributed by atoms with Crippen molar-refractivity contribution in [3.8, 4) is 5.75 Å². The normalized spacial score (nSPS) is 11.6. The van der Waals surface area contributed by atoms with E-state index in [1.807, 2.05) is 18.2 Å². The van der Waals surface area contributed by atoms with Crippen LogP contribution >= 0.6 is 0 Å². The second-order valence-electron chi connectivity index (χ2n) is 5.01. The summed E-state index contributed by atoms with van der Waals surface area (Å²) in [5.74, 6) is 1.38. The Balaban J connectivity index is 1.73. The van der Waals surface area contributed by atoms with Crippen LogP contribution in [-0.4, -0.2) is 25.5 Å². The van der Waals surface area contributed by atoms with Crippen LogP contribution in [0.4, 0.5) is 5.95 Å². The molecule has 3 aromatic rings. The number of fused-ring (bicyclic) bond motifs is 1. The molecule has 23 heavy (non-hydrogen) atoms. The molecule has 4 N–H and O–H groups in total. The van der Waals surface area contributed by atoms with Crippen LogP contribution in [0.25, 0.3) is 11.0 Å². The van der Waals surface area contributed by atoms with Gasteiger partial charge in [-0.15, -0.1) is 0 Å². The van der Waals surface area contributed by atoms with E-state index in [1.54, 1.807) is 19.2 Å². The van der Waals surface area contributed by atoms with E-state index < -0.39 is 10.0 Å². The predicted molar refractivity (Wildman–Crippen MR) is 87.8 cm³/mol. The quantitative estimate of drug-likeness (QED) is 0.660. The molecule has 0 amide bonds. The van der Waals surface area contributed by atoms with Crippen LogP contribution in [0.1, 0.15) is 5.56 Å². The SMILES string of the molecule is COc1ccc2nc(NCc3ccc(S(N)(=O)=O)cc3)[nH]c2c1. The lowest BCUT2D eigenvalue weighted by Gasteiger charge is -2.04. The molecule has 120 valence electrons. The maximum absolute atomic E-state index is 11.2. The van der Waals surface area contributed by atoms with Gasteiger partial charge in [0.2, 0.25) is 16.0 Å². The van der Waals surface area contributed by atoms with E-state index >= 15 is 0 Å². The summed E-state index contributed by atoms with van der Waals surface area (Å²) in [6.07, 6.45) is 0. The van der Waals surface area contributed by atoms with Crippen LogP contribution in [0, 0.1) is 0 Å². The molecule has 0 atom stereocenters. The fraction of sp³-hybridized carbons (Fsp3) is 0.133. The Labute approximate surface area is 133 Å². The Morgan fingerprint density at radius 2 is 1.96 bits per heavy atom. The van der Waals surface area contributed by atoms with Crippen molar-refractivity contribution in [1.82, 2.24) is 9.97 Å². The summed E-state index contributed by atoms with van der Waals surface area (Å²) in [5.41, 5.74) is 2.62. The minimum Gasteiger partial charge on any atom is -0.497 e. The summed E-state index contributed by atoms with van der Waals surface area (Å²) in [4.78, 5) is 7.67. The number of nitrogens with zero attached hydrogens (tertiary/aromatic N) is 1. The van der Waals surface area contributed by atoms with Crippen molar-refractivity contribution >= 4 is 27.0 Å². The van der Waals surface area contributed by atoms with Crippen LogP contribution in [0.3, 0.4) is 0 Å². The Morgan fingerprint density at radius 3 is 2.61 bits per heavy atom. The maximum atomic E-state index is 11.2. The van der Waals surface area contributed by atoms with Crippen LogP contribution in [0.5, 0.6) is 5.75 Å². The van der Waals surface area contributed by atoms with E-state index in [0.29, 0.717) is 12.5 Å². The molecule has 2 aromatic carbocycles. The molecule has 0 saturated carbocycles. The molecule has 0 unspecified atom stereocenters. The third-order valence-corrected chi connectivity index (χ3v) is 4.33. The van der Waals surface area contributed by atoms with Gasteiger partial charge >= 0.3 is 0 Å². The minimum absolute atomic E-state index is 0.0945. The van der Waals surface area contributed by atoms with Gasteiger partial charge in [-0.2, -0.15) is 0 Å². The Morgan fingerprint density at radius 1 is 1.22 bits per heavy atom. The number of nitrogens with two attached hydrogens (primary N) is 1. The summed E-state index contributed by atoms with van der Waals surface area (Å²) in [7, 11) is -2.05. The highest BCUT2D eigenvalue weighted by molar-refractivity contribution is 7.89. The first-order chi connectivity index (χ1) is 11.0. The highest BCUT2D eigenvalue weighted by atomic mass is 32.2. The number of rotatable bonds is 5. The van der Waals surface area contributed by atoms with Gasteiger partial charge in [0.25, 0.3) is 0 Å². The van der Waals surface area contributed by atoms with Crippen molar-refractivity contribution < 1.29 is 13.2 Å². The molecule has 0 saturated heterocycles. The number of methoxy groups -OCH3 is 1. The Hall–Kier alpha value is -2.58. The van der Waals surface area contributed by atoms with Gasteiger partial charge < -0.3 is 15.0 Å². The van der Waals surface area contributed by atoms with Gasteiger partial charge in [0.15, 0.2) is 0 Å². The van der Waals surface area contributed by atoms with Gasteiger partial charge in [-0.3, -0.25) is 0 Å². The number of anilines is 1. The molecule has 0 spiro atoms. The summed E-state index contributed by atoms with van der Waals surface area (Å²) in [6, 6.07) is 12.0. The average Bonchev–Trinajstić information content (AvgIpc) is 2.94. The Bertz CT molecular complexity index is 933. The third-order valence-electron chi connectivity index (χ3n) is 3.40. The number of aromatic nitrogens is 2. The summed E-state index contributed by atoms with van der Waals surface area (Å²) in [6.45, 7) is 0.502. The second-order valence-corrected chi connectivity index (χ2v) is 6.57. The minimum atomic E-state index is -3.66. The lowest BCUT2D eigenvalue weighted by Crippen LogP contribution is -2.12. The van der Waals surface area contributed by atoms with Crippen molar-refractivity contribution in [3.05, 3.63) is 48.0 Å². The number of H-pyrrole nitrogens is 1. The van der Waals surface area contributed by atoms with Crippen molar-refractivity contribution in [3.63, 3.8) is 0 Å². The highest BCUT2D eigenvalue weighted by Crippen LogP contribution is 2.20. The van der Waals surface area contributed by atoms with Gasteiger partial charge in [0, 0.05) is 12.6 Å². The average molecular weight is 332 g/mol. The third kappa shape index (κ3) is 3.43. The molecule has 1 heterocycles. The zero-order valence-electron chi connectivity index (χ0n) is 12.4. The largest absolute Gasteiger partial charge is 0.497 e. The fourth-order valence-corrected chi connectivity index (χ4v) is 2.70. The smallest absolute Gasteiger partial charge is 0.238 e. The number of sulfonamides is 1. The zero-order valence-corrected chi connectivity index (χ0v) is 13.2. The lowest BCUT2D eigenvalue weighted by molar-refractivity contribution is 0.415. The maximum Gasteiger partial charge on any atom is 0.238 e. The molecule has 7 nitrogen and oxygen atoms in total. The van der Waals surface area contributed by atoms with Crippen LogP contribution < -0.4 is 15.2 Å². The lowest BCUT2D eigenvalue weighted by atomic mass is 10.2. The van der Waals surface area contributed by atoms with Crippen molar-refractivity contribution in [2.75, 3.05) is 12.4 Å². The molecule has 0 aliphatic carbocycles. The number of imidazole rings is 1. The van der Waals surface area contributed by atoms with Gasteiger partial charge in [0.1, 0.15) is 5.75 Å². The standard InChI is InChI=1S/C15H16N4O3S/c1-22-11-4-7-13-14(8-11)19-15(18-13)17-9-10-2-5-12(6-3-10)23(16,20)21/h2-8H,9H2,1H3,(H2,16,20,21)(H2,17,18,19). The molecule has 0 aliphatic heterocycles. The first-order valence-electron chi connectivity index (χ1n) is 6.85. The summed E-state index contributed by atoms with van der Waals surface area (Å²) >= 11 is 0. The number of ether oxygens (including phenoxy) is 1. The topological polar surface area (TPSA) is 110 Å². The van der Waals surface area contributed by atoms with Gasteiger partial charge in [-0.05, 0) is 29.8 Å². The van der Waals surface area contributed by atoms with E-state index in [1.165, 1.54) is 12.1 Å². The number of aromatic amines is 1. The number of primary sulfonamides is 1. The van der Waals surface area contributed by atoms with E-state index in [-0.39, 0.29) is 4.90 Å². The first-order valence-corrected chi connectivity index (χ1v) is 8.40. The highest BCUT2D eigenvalue weighted by Gasteiger charge is 2.07. The molecular weight excluding hydrogens is 316 g/mol. The van der Waals surface area contributed by atoms with Crippen LogP contribution in [0.15, 0.2) is 47.4 Å². The molecule has 8 heteroatoms. The summed E-state index contributed by atoms with van der Waals surface area (Å²) in [5, 5.41) is 8.23. The molecule has 0 radical (unpaired) electrons. The van der Waals surface area contributed by atoms with Crippen LogP contribution in [0.2, 0.25) is 0 Å². The van der Waals surface area contributed by atoms with Crippen molar-refractivity contribution in [2.45, 2.75) is 11.4 Å². The molecule has 3 rings (SSSR count). The number of nitrogens with one attached hydrogen (secondary N) is 2. The number of hydrogen-bond acceptors (Lipinski definition) is 5. The molecule has 0 fully saturated rings. The van der Waals surface area contributed by atoms with Crippen molar-refractivity contribution in [2.24, 2.45) is 5.14 Å². The number of benzene rings is 2.